The van der Waals surface area contributed by atoms with Crippen molar-refractivity contribution in [2.24, 2.45) is 0 Å². The predicted molar refractivity (Wildman–Crippen MR) is 97.4 cm³/mol. The van der Waals surface area contributed by atoms with Crippen LogP contribution in [-0.4, -0.2) is 19.1 Å². The minimum absolute atomic E-state index is 0.171. The van der Waals surface area contributed by atoms with Gasteiger partial charge in [0.15, 0.2) is 0 Å². The minimum atomic E-state index is -0.412. The molecule has 0 saturated heterocycles. The van der Waals surface area contributed by atoms with E-state index in [0.29, 0.717) is 12.2 Å². The SMILES string of the molecule is CC(NC(=O)C=Cc1ccc(F)cc1Cl)c1ccc2c(c1)NCCO2. The van der Waals surface area contributed by atoms with Crippen LogP contribution in [0, 0.1) is 5.82 Å². The standard InChI is InChI=1S/C19H18ClFN2O2/c1-12(14-3-6-18-17(10-14)22-8-9-25-18)23-19(24)7-4-13-2-5-15(21)11-16(13)20/h2-7,10-12,22H,8-9H2,1H3,(H,23,24). The molecule has 2 N–H and O–H groups in total. The number of hydrogen-bond donors (Lipinski definition) is 2. The van der Waals surface area contributed by atoms with Crippen molar-refractivity contribution in [2.75, 3.05) is 18.5 Å². The van der Waals surface area contributed by atoms with Crippen LogP contribution in [0.3, 0.4) is 0 Å². The first-order valence-electron chi connectivity index (χ1n) is 7.97. The molecule has 4 nitrogen and oxygen atoms in total. The Morgan fingerprint density at radius 3 is 3.00 bits per heavy atom. The van der Waals surface area contributed by atoms with Crippen LogP contribution in [0.5, 0.6) is 5.75 Å². The Morgan fingerprint density at radius 1 is 1.36 bits per heavy atom. The summed E-state index contributed by atoms with van der Waals surface area (Å²) in [5.41, 5.74) is 2.48. The van der Waals surface area contributed by atoms with Crippen LogP contribution in [0.25, 0.3) is 6.08 Å². The number of ether oxygens (including phenoxy) is 1. The number of hydrogen-bond acceptors (Lipinski definition) is 3. The van der Waals surface area contributed by atoms with Crippen molar-refractivity contribution < 1.29 is 13.9 Å². The maximum atomic E-state index is 13.0. The molecule has 3 rings (SSSR count). The average Bonchev–Trinajstić information content (AvgIpc) is 2.60. The van der Waals surface area contributed by atoms with Gasteiger partial charge in [0.25, 0.3) is 0 Å². The highest BCUT2D eigenvalue weighted by atomic mass is 35.5. The maximum absolute atomic E-state index is 13.0. The van der Waals surface area contributed by atoms with Gasteiger partial charge in [0.05, 0.1) is 16.8 Å². The Hall–Kier alpha value is -2.53. The fourth-order valence-corrected chi connectivity index (χ4v) is 2.80. The number of carbonyl (C=O) groups excluding carboxylic acids is 1. The summed E-state index contributed by atoms with van der Waals surface area (Å²) in [6.07, 6.45) is 2.95. The van der Waals surface area contributed by atoms with Gasteiger partial charge in [-0.2, -0.15) is 0 Å². The van der Waals surface area contributed by atoms with E-state index in [1.165, 1.54) is 24.3 Å². The molecule has 0 saturated carbocycles. The van der Waals surface area contributed by atoms with Crippen molar-refractivity contribution in [3.63, 3.8) is 0 Å². The molecule has 2 aromatic rings. The van der Waals surface area contributed by atoms with Crippen molar-refractivity contribution in [3.8, 4) is 5.75 Å². The second-order valence-corrected chi connectivity index (χ2v) is 6.17. The van der Waals surface area contributed by atoms with Crippen LogP contribution in [0.4, 0.5) is 10.1 Å². The number of benzene rings is 2. The first-order valence-corrected chi connectivity index (χ1v) is 8.35. The third kappa shape index (κ3) is 4.31. The maximum Gasteiger partial charge on any atom is 0.244 e. The van der Waals surface area contributed by atoms with Crippen LogP contribution >= 0.6 is 11.6 Å². The van der Waals surface area contributed by atoms with Gasteiger partial charge in [0.1, 0.15) is 18.2 Å². The number of amides is 1. The molecular formula is C19H18ClFN2O2. The van der Waals surface area contributed by atoms with E-state index in [1.54, 1.807) is 6.08 Å². The number of anilines is 1. The average molecular weight is 361 g/mol. The molecule has 1 unspecified atom stereocenters. The molecule has 130 valence electrons. The topological polar surface area (TPSA) is 50.4 Å². The molecule has 1 atom stereocenters. The summed E-state index contributed by atoms with van der Waals surface area (Å²) >= 11 is 5.94. The van der Waals surface area contributed by atoms with Crippen molar-refractivity contribution in [1.29, 1.82) is 0 Å². The lowest BCUT2D eigenvalue weighted by Gasteiger charge is -2.21. The van der Waals surface area contributed by atoms with E-state index in [0.717, 1.165) is 23.5 Å². The minimum Gasteiger partial charge on any atom is -0.490 e. The van der Waals surface area contributed by atoms with Crippen LogP contribution in [0.2, 0.25) is 5.02 Å². The lowest BCUT2D eigenvalue weighted by molar-refractivity contribution is -0.117. The van der Waals surface area contributed by atoms with Gasteiger partial charge in [-0.15, -0.1) is 0 Å². The van der Waals surface area contributed by atoms with E-state index < -0.39 is 5.82 Å². The van der Waals surface area contributed by atoms with Gasteiger partial charge >= 0.3 is 0 Å². The fourth-order valence-electron chi connectivity index (χ4n) is 2.57. The summed E-state index contributed by atoms with van der Waals surface area (Å²) in [5, 5.41) is 6.43. The molecule has 0 bridgehead atoms. The highest BCUT2D eigenvalue weighted by Crippen LogP contribution is 2.30. The Kier molecular flexibility index (Phi) is 5.24. The van der Waals surface area contributed by atoms with E-state index in [2.05, 4.69) is 10.6 Å². The quantitative estimate of drug-likeness (QED) is 0.804. The zero-order chi connectivity index (χ0) is 17.8. The molecule has 2 aromatic carbocycles. The first-order chi connectivity index (χ1) is 12.0. The number of carbonyl (C=O) groups is 1. The van der Waals surface area contributed by atoms with Crippen molar-refractivity contribution in [2.45, 2.75) is 13.0 Å². The highest BCUT2D eigenvalue weighted by Gasteiger charge is 2.13. The molecule has 0 aromatic heterocycles. The van der Waals surface area contributed by atoms with Gasteiger partial charge in [-0.25, -0.2) is 4.39 Å². The zero-order valence-corrected chi connectivity index (χ0v) is 14.4. The van der Waals surface area contributed by atoms with E-state index >= 15 is 0 Å². The van der Waals surface area contributed by atoms with Gasteiger partial charge in [-0.3, -0.25) is 4.79 Å². The second-order valence-electron chi connectivity index (χ2n) is 5.76. The predicted octanol–water partition coefficient (Wildman–Crippen LogP) is 4.17. The molecule has 0 spiro atoms. The monoisotopic (exact) mass is 360 g/mol. The Labute approximate surface area is 150 Å². The summed E-state index contributed by atoms with van der Waals surface area (Å²) in [6, 6.07) is 9.67. The summed E-state index contributed by atoms with van der Waals surface area (Å²) in [6.45, 7) is 3.32. The smallest absolute Gasteiger partial charge is 0.244 e. The Balaban J connectivity index is 1.65. The van der Waals surface area contributed by atoms with Crippen molar-refractivity contribution in [3.05, 3.63) is 64.4 Å². The zero-order valence-electron chi connectivity index (χ0n) is 13.7. The first kappa shape index (κ1) is 17.3. The number of nitrogens with one attached hydrogen (secondary N) is 2. The molecule has 1 aliphatic heterocycles. The fraction of sp³-hybridized carbons (Fsp3) is 0.211. The van der Waals surface area contributed by atoms with E-state index in [4.69, 9.17) is 16.3 Å². The normalized spacial score (nSPS) is 14.4. The van der Waals surface area contributed by atoms with Crippen LogP contribution in [0.15, 0.2) is 42.5 Å². The van der Waals surface area contributed by atoms with Gasteiger partial charge < -0.3 is 15.4 Å². The third-order valence-electron chi connectivity index (χ3n) is 3.91. The molecule has 0 aliphatic carbocycles. The second kappa shape index (κ2) is 7.57. The summed E-state index contributed by atoms with van der Waals surface area (Å²) in [5.74, 6) is 0.152. The lowest BCUT2D eigenvalue weighted by atomic mass is 10.1. The van der Waals surface area contributed by atoms with E-state index in [1.807, 2.05) is 25.1 Å². The molecule has 0 fully saturated rings. The van der Waals surface area contributed by atoms with Gasteiger partial charge in [-0.05, 0) is 48.4 Å². The van der Waals surface area contributed by atoms with Gasteiger partial charge in [0, 0.05) is 12.6 Å². The van der Waals surface area contributed by atoms with E-state index in [9.17, 15) is 9.18 Å². The molecule has 0 radical (unpaired) electrons. The lowest BCUT2D eigenvalue weighted by Crippen LogP contribution is -2.25. The molecular weight excluding hydrogens is 343 g/mol. The summed E-state index contributed by atoms with van der Waals surface area (Å²) in [7, 11) is 0. The summed E-state index contributed by atoms with van der Waals surface area (Å²) in [4.78, 5) is 12.1. The largest absolute Gasteiger partial charge is 0.490 e. The molecule has 1 heterocycles. The number of rotatable bonds is 4. The van der Waals surface area contributed by atoms with Crippen molar-refractivity contribution >= 4 is 29.3 Å². The third-order valence-corrected chi connectivity index (χ3v) is 4.24. The van der Waals surface area contributed by atoms with Crippen molar-refractivity contribution in [1.82, 2.24) is 5.32 Å². The molecule has 1 amide bonds. The van der Waals surface area contributed by atoms with Crippen LogP contribution in [-0.2, 0) is 4.79 Å². The number of fused-ring (bicyclic) bond motifs is 1. The Bertz CT molecular complexity index is 823. The highest BCUT2D eigenvalue weighted by molar-refractivity contribution is 6.32. The Morgan fingerprint density at radius 2 is 2.20 bits per heavy atom. The summed E-state index contributed by atoms with van der Waals surface area (Å²) < 4.78 is 18.6. The van der Waals surface area contributed by atoms with E-state index in [-0.39, 0.29) is 17.0 Å². The van der Waals surface area contributed by atoms with Gasteiger partial charge in [-0.1, -0.05) is 23.7 Å². The molecule has 25 heavy (non-hydrogen) atoms. The number of halogens is 2. The van der Waals surface area contributed by atoms with Gasteiger partial charge in [0.2, 0.25) is 5.91 Å². The molecule has 1 aliphatic rings. The van der Waals surface area contributed by atoms with Crippen LogP contribution in [0.1, 0.15) is 24.1 Å². The molecule has 6 heteroatoms. The van der Waals surface area contributed by atoms with Crippen LogP contribution < -0.4 is 15.4 Å².